The standard InChI is InChI=1S/C26H33N3O3S.C11H14O.C2H6/c1-4-5-6-7-8-17-32-22-15-13-21(14-16-22)25-29-28-24(33-25)20-11-9-19(10-12-20)18-23(27-2)26(30)31-3;1-11(2,3)10-6-4-9(8-12)5-7-10;1-2/h9-16,23,27H,4-8,17-18H2,1-3H3;4-8H,1-3H3;1-2H3. The van der Waals surface area contributed by atoms with Crippen LogP contribution in [0.3, 0.4) is 0 Å². The minimum absolute atomic E-state index is 0.168. The number of ether oxygens (including phenoxy) is 2. The van der Waals surface area contributed by atoms with Gasteiger partial charge in [0.05, 0.1) is 13.7 Å². The number of methoxy groups -OCH3 is 1. The number of hydrogen-bond acceptors (Lipinski definition) is 8. The Morgan fingerprint density at radius 2 is 1.40 bits per heavy atom. The Balaban J connectivity index is 0.000000458. The van der Waals surface area contributed by atoms with Gasteiger partial charge in [0.15, 0.2) is 0 Å². The number of carbonyl (C=O) groups excluding carboxylic acids is 2. The van der Waals surface area contributed by atoms with Gasteiger partial charge in [-0.15, -0.1) is 10.2 Å². The van der Waals surface area contributed by atoms with Gasteiger partial charge in [-0.25, -0.2) is 0 Å². The highest BCUT2D eigenvalue weighted by Crippen LogP contribution is 2.31. The van der Waals surface area contributed by atoms with Crippen molar-refractivity contribution in [2.24, 2.45) is 0 Å². The molecule has 1 N–H and O–H groups in total. The smallest absolute Gasteiger partial charge is 0.323 e. The van der Waals surface area contributed by atoms with Crippen LogP contribution >= 0.6 is 11.3 Å². The molecule has 254 valence electrons. The lowest BCUT2D eigenvalue weighted by Crippen LogP contribution is -2.36. The normalized spacial score (nSPS) is 11.3. The van der Waals surface area contributed by atoms with Crippen molar-refractivity contribution < 1.29 is 19.1 Å². The van der Waals surface area contributed by atoms with Gasteiger partial charge in [-0.2, -0.15) is 0 Å². The van der Waals surface area contributed by atoms with Crippen molar-refractivity contribution in [2.45, 2.75) is 91.5 Å². The molecular formula is C39H53N3O4S. The first-order chi connectivity index (χ1) is 22.7. The Kier molecular flexibility index (Phi) is 17.6. The van der Waals surface area contributed by atoms with E-state index in [1.807, 2.05) is 86.6 Å². The number of esters is 1. The highest BCUT2D eigenvalue weighted by atomic mass is 32.1. The van der Waals surface area contributed by atoms with Crippen molar-refractivity contribution in [3.63, 3.8) is 0 Å². The van der Waals surface area contributed by atoms with E-state index in [4.69, 9.17) is 9.47 Å². The van der Waals surface area contributed by atoms with E-state index in [9.17, 15) is 9.59 Å². The molecule has 0 fully saturated rings. The predicted molar refractivity (Wildman–Crippen MR) is 195 cm³/mol. The molecule has 0 aliphatic carbocycles. The molecular weight excluding hydrogens is 607 g/mol. The molecule has 1 atom stereocenters. The van der Waals surface area contributed by atoms with Crippen molar-refractivity contribution in [3.05, 3.63) is 89.5 Å². The minimum atomic E-state index is -0.359. The molecule has 47 heavy (non-hydrogen) atoms. The lowest BCUT2D eigenvalue weighted by molar-refractivity contribution is -0.142. The van der Waals surface area contributed by atoms with Crippen LogP contribution in [0.5, 0.6) is 5.75 Å². The predicted octanol–water partition coefficient (Wildman–Crippen LogP) is 9.35. The molecule has 4 rings (SSSR count). The van der Waals surface area contributed by atoms with Crippen LogP contribution in [0.4, 0.5) is 0 Å². The third-order valence-electron chi connectivity index (χ3n) is 7.43. The van der Waals surface area contributed by atoms with E-state index in [1.165, 1.54) is 38.4 Å². The third kappa shape index (κ3) is 13.4. The summed E-state index contributed by atoms with van der Waals surface area (Å²) in [5.41, 5.74) is 5.25. The number of aromatic nitrogens is 2. The molecule has 7 nitrogen and oxygen atoms in total. The fourth-order valence-electron chi connectivity index (χ4n) is 4.57. The maximum absolute atomic E-state index is 11.8. The zero-order valence-electron chi connectivity index (χ0n) is 29.5. The average Bonchev–Trinajstić information content (AvgIpc) is 3.60. The first-order valence-electron chi connectivity index (χ1n) is 16.6. The molecule has 3 aromatic carbocycles. The van der Waals surface area contributed by atoms with Crippen LogP contribution in [0.25, 0.3) is 21.1 Å². The summed E-state index contributed by atoms with van der Waals surface area (Å²) in [6, 6.07) is 23.5. The number of likely N-dealkylation sites (N-methyl/N-ethyl adjacent to an activating group) is 1. The zero-order valence-corrected chi connectivity index (χ0v) is 30.3. The molecule has 0 aliphatic rings. The summed E-state index contributed by atoms with van der Waals surface area (Å²) < 4.78 is 10.7. The van der Waals surface area contributed by atoms with Gasteiger partial charge in [0.1, 0.15) is 28.1 Å². The number of carbonyl (C=O) groups is 2. The lowest BCUT2D eigenvalue weighted by atomic mass is 9.87. The number of nitrogens with one attached hydrogen (secondary N) is 1. The number of hydrogen-bond donors (Lipinski definition) is 1. The van der Waals surface area contributed by atoms with E-state index in [0.29, 0.717) is 6.42 Å². The number of benzene rings is 3. The summed E-state index contributed by atoms with van der Waals surface area (Å²) in [5.74, 6) is 0.625. The van der Waals surface area contributed by atoms with Gasteiger partial charge >= 0.3 is 5.97 Å². The van der Waals surface area contributed by atoms with Gasteiger partial charge < -0.3 is 14.8 Å². The molecule has 8 heteroatoms. The second-order valence-electron chi connectivity index (χ2n) is 12.0. The van der Waals surface area contributed by atoms with E-state index in [0.717, 1.165) is 57.3 Å². The molecule has 0 saturated heterocycles. The molecule has 1 heterocycles. The first kappa shape index (κ1) is 39.3. The van der Waals surface area contributed by atoms with Crippen LogP contribution in [0, 0.1) is 0 Å². The van der Waals surface area contributed by atoms with E-state index in [1.54, 1.807) is 18.4 Å². The molecule has 0 saturated carbocycles. The quantitative estimate of drug-likeness (QED) is 0.0819. The Bertz CT molecular complexity index is 1440. The van der Waals surface area contributed by atoms with Crippen LogP contribution in [-0.4, -0.2) is 49.3 Å². The Labute approximate surface area is 286 Å². The average molecular weight is 660 g/mol. The number of rotatable bonds is 14. The SMILES string of the molecule is CC.CC(C)(C)c1ccc(C=O)cc1.CCCCCCCOc1ccc(-c2nnc(-c3ccc(CC(NC)C(=O)OC)cc3)s2)cc1. The summed E-state index contributed by atoms with van der Waals surface area (Å²) in [4.78, 5) is 22.2. The third-order valence-corrected chi connectivity index (χ3v) is 8.45. The second-order valence-corrected chi connectivity index (χ2v) is 12.9. The van der Waals surface area contributed by atoms with E-state index >= 15 is 0 Å². The monoisotopic (exact) mass is 659 g/mol. The summed E-state index contributed by atoms with van der Waals surface area (Å²) in [7, 11) is 3.16. The van der Waals surface area contributed by atoms with Crippen molar-refractivity contribution in [1.82, 2.24) is 15.5 Å². The topological polar surface area (TPSA) is 90.4 Å². The molecule has 0 bridgehead atoms. The maximum Gasteiger partial charge on any atom is 0.323 e. The van der Waals surface area contributed by atoms with Crippen molar-refractivity contribution >= 4 is 23.6 Å². The Morgan fingerprint density at radius 3 is 1.89 bits per heavy atom. The summed E-state index contributed by atoms with van der Waals surface area (Å²) >= 11 is 1.56. The van der Waals surface area contributed by atoms with Crippen molar-refractivity contribution in [3.8, 4) is 26.9 Å². The van der Waals surface area contributed by atoms with Crippen LogP contribution in [0.15, 0.2) is 72.8 Å². The molecule has 0 aliphatic heterocycles. The zero-order chi connectivity index (χ0) is 34.7. The molecule has 0 amide bonds. The van der Waals surface area contributed by atoms with Crippen molar-refractivity contribution in [2.75, 3.05) is 20.8 Å². The highest BCUT2D eigenvalue weighted by molar-refractivity contribution is 7.17. The molecule has 4 aromatic rings. The number of nitrogens with zero attached hydrogens (tertiary/aromatic N) is 2. The van der Waals surface area contributed by atoms with E-state index < -0.39 is 0 Å². The summed E-state index contributed by atoms with van der Waals surface area (Å²) in [6.45, 7) is 13.5. The van der Waals surface area contributed by atoms with Gasteiger partial charge in [0, 0.05) is 16.7 Å². The van der Waals surface area contributed by atoms with Crippen LogP contribution in [-0.2, 0) is 21.4 Å². The van der Waals surface area contributed by atoms with Crippen LogP contribution in [0.2, 0.25) is 0 Å². The van der Waals surface area contributed by atoms with Gasteiger partial charge in [0.2, 0.25) is 0 Å². The fraction of sp³-hybridized carbons (Fsp3) is 0.436. The van der Waals surface area contributed by atoms with Gasteiger partial charge in [-0.05, 0) is 60.7 Å². The Hall–Kier alpha value is -3.88. The number of aldehydes is 1. The largest absolute Gasteiger partial charge is 0.494 e. The molecule has 1 unspecified atom stereocenters. The van der Waals surface area contributed by atoms with E-state index in [2.05, 4.69) is 43.2 Å². The highest BCUT2D eigenvalue weighted by Gasteiger charge is 2.17. The van der Waals surface area contributed by atoms with Crippen molar-refractivity contribution in [1.29, 1.82) is 0 Å². The summed E-state index contributed by atoms with van der Waals surface area (Å²) in [6.07, 6.45) is 7.60. The maximum atomic E-state index is 11.8. The molecule has 0 radical (unpaired) electrons. The second kappa shape index (κ2) is 21.1. The van der Waals surface area contributed by atoms with Gasteiger partial charge in [-0.1, -0.05) is 127 Å². The lowest BCUT2D eigenvalue weighted by Gasteiger charge is -2.18. The van der Waals surface area contributed by atoms with Crippen LogP contribution < -0.4 is 10.1 Å². The van der Waals surface area contributed by atoms with Gasteiger partial charge in [-0.3, -0.25) is 9.59 Å². The van der Waals surface area contributed by atoms with Crippen LogP contribution in [0.1, 0.15) is 95.1 Å². The van der Waals surface area contributed by atoms with Gasteiger partial charge in [0.25, 0.3) is 0 Å². The minimum Gasteiger partial charge on any atom is -0.494 e. The fourth-order valence-corrected chi connectivity index (χ4v) is 5.43. The Morgan fingerprint density at radius 1 is 0.851 bits per heavy atom. The summed E-state index contributed by atoms with van der Waals surface area (Å²) in [5, 5.41) is 13.5. The molecule has 1 aromatic heterocycles. The number of unbranched alkanes of at least 4 members (excludes halogenated alkanes) is 4. The van der Waals surface area contributed by atoms with E-state index in [-0.39, 0.29) is 17.4 Å². The first-order valence-corrected chi connectivity index (χ1v) is 17.5. The molecule has 0 spiro atoms.